The van der Waals surface area contributed by atoms with Crippen LogP contribution < -0.4 is 0 Å². The highest BCUT2D eigenvalue weighted by molar-refractivity contribution is 6.31. The van der Waals surface area contributed by atoms with Crippen LogP contribution >= 0.6 is 23.2 Å². The molecule has 0 bridgehead atoms. The molecule has 3 aromatic carbocycles. The summed E-state index contributed by atoms with van der Waals surface area (Å²) in [7, 11) is 0. The van der Waals surface area contributed by atoms with Crippen molar-refractivity contribution in [2.75, 3.05) is 26.2 Å². The summed E-state index contributed by atoms with van der Waals surface area (Å²) >= 11 is 12.2. The van der Waals surface area contributed by atoms with Crippen LogP contribution in [0, 0.1) is 0 Å². The molecule has 5 nitrogen and oxygen atoms in total. The van der Waals surface area contributed by atoms with Crippen molar-refractivity contribution in [2.45, 2.75) is 6.54 Å². The Labute approximate surface area is 231 Å². The average Bonchev–Trinajstić information content (AvgIpc) is 3.32. The molecule has 1 aliphatic rings. The van der Waals surface area contributed by atoms with Gasteiger partial charge in [0.15, 0.2) is 0 Å². The van der Waals surface area contributed by atoms with Crippen LogP contribution in [0.3, 0.4) is 0 Å². The van der Waals surface area contributed by atoms with Crippen molar-refractivity contribution < 1.29 is 4.79 Å². The molecule has 5 aromatic rings. The molecule has 0 N–H and O–H groups in total. The quantitative estimate of drug-likeness (QED) is 0.242. The molecule has 1 aliphatic heterocycles. The first kappa shape index (κ1) is 24.7. The van der Waals surface area contributed by atoms with Crippen LogP contribution in [0.15, 0.2) is 97.2 Å². The molecule has 7 heteroatoms. The van der Waals surface area contributed by atoms with E-state index in [1.807, 2.05) is 35.2 Å². The van der Waals surface area contributed by atoms with E-state index in [4.69, 9.17) is 28.2 Å². The number of pyridine rings is 1. The lowest BCUT2D eigenvalue weighted by atomic mass is 10.1. The van der Waals surface area contributed by atoms with Gasteiger partial charge in [0.05, 0.1) is 11.4 Å². The van der Waals surface area contributed by atoms with E-state index < -0.39 is 0 Å². The van der Waals surface area contributed by atoms with E-state index in [1.165, 1.54) is 0 Å². The predicted octanol–water partition coefficient (Wildman–Crippen LogP) is 6.93. The van der Waals surface area contributed by atoms with E-state index in [0.29, 0.717) is 28.7 Å². The van der Waals surface area contributed by atoms with Gasteiger partial charge in [0.1, 0.15) is 5.65 Å². The van der Waals surface area contributed by atoms with Crippen LogP contribution in [0.5, 0.6) is 0 Å². The molecule has 6 rings (SSSR count). The Morgan fingerprint density at radius 3 is 2.03 bits per heavy atom. The van der Waals surface area contributed by atoms with Crippen molar-refractivity contribution >= 4 is 34.8 Å². The van der Waals surface area contributed by atoms with Crippen LogP contribution in [0.1, 0.15) is 16.1 Å². The maximum atomic E-state index is 13.0. The Kier molecular flexibility index (Phi) is 6.90. The van der Waals surface area contributed by atoms with Gasteiger partial charge < -0.3 is 9.30 Å². The molecule has 38 heavy (non-hydrogen) atoms. The largest absolute Gasteiger partial charge is 0.336 e. The van der Waals surface area contributed by atoms with Crippen molar-refractivity contribution in [3.8, 4) is 22.4 Å². The monoisotopic (exact) mass is 540 g/mol. The van der Waals surface area contributed by atoms with Crippen LogP contribution in [0.2, 0.25) is 10.0 Å². The number of imidazole rings is 1. The zero-order valence-corrected chi connectivity index (χ0v) is 22.2. The predicted molar refractivity (Wildman–Crippen MR) is 154 cm³/mol. The summed E-state index contributed by atoms with van der Waals surface area (Å²) in [4.78, 5) is 22.3. The first-order chi connectivity index (χ1) is 18.5. The van der Waals surface area contributed by atoms with Gasteiger partial charge in [-0.15, -0.1) is 0 Å². The molecule has 0 radical (unpaired) electrons. The Balaban J connectivity index is 1.29. The van der Waals surface area contributed by atoms with Gasteiger partial charge in [-0.05, 0) is 59.7 Å². The number of benzene rings is 3. The maximum absolute atomic E-state index is 13.0. The smallest absolute Gasteiger partial charge is 0.253 e. The minimum atomic E-state index is 0.0467. The molecular formula is C31H26Cl2N4O. The number of aromatic nitrogens is 2. The molecule has 2 aromatic heterocycles. The standard InChI is InChI=1S/C31H26Cl2N4O/c32-26-11-6-23(7-12-26)30-28(37-20-25(10-15-29(37)34-30)22-4-2-1-3-5-22)21-35-16-18-36(19-17-35)31(38)24-8-13-27(33)14-9-24/h1-15,20H,16-19,21H2. The number of rotatable bonds is 5. The second-order valence-corrected chi connectivity index (χ2v) is 10.4. The maximum Gasteiger partial charge on any atom is 0.253 e. The highest BCUT2D eigenvalue weighted by Crippen LogP contribution is 2.29. The molecule has 3 heterocycles. The van der Waals surface area contributed by atoms with Crippen LogP contribution in [0.4, 0.5) is 0 Å². The van der Waals surface area contributed by atoms with Crippen LogP contribution in [-0.4, -0.2) is 51.3 Å². The first-order valence-corrected chi connectivity index (χ1v) is 13.4. The minimum Gasteiger partial charge on any atom is -0.336 e. The zero-order valence-electron chi connectivity index (χ0n) is 20.7. The second-order valence-electron chi connectivity index (χ2n) is 9.50. The van der Waals surface area contributed by atoms with Gasteiger partial charge >= 0.3 is 0 Å². The van der Waals surface area contributed by atoms with Gasteiger partial charge in [0.25, 0.3) is 5.91 Å². The lowest BCUT2D eigenvalue weighted by Gasteiger charge is -2.34. The van der Waals surface area contributed by atoms with Gasteiger partial charge in [-0.3, -0.25) is 9.69 Å². The summed E-state index contributed by atoms with van der Waals surface area (Å²) < 4.78 is 2.21. The fourth-order valence-corrected chi connectivity index (χ4v) is 5.23. The Hall–Kier alpha value is -3.64. The fraction of sp³-hybridized carbons (Fsp3) is 0.161. The highest BCUT2D eigenvalue weighted by atomic mass is 35.5. The molecule has 0 aliphatic carbocycles. The summed E-state index contributed by atoms with van der Waals surface area (Å²) in [5.74, 6) is 0.0467. The topological polar surface area (TPSA) is 40.9 Å². The molecule has 0 spiro atoms. The number of fused-ring (bicyclic) bond motifs is 1. The molecule has 0 atom stereocenters. The Morgan fingerprint density at radius 2 is 1.34 bits per heavy atom. The number of amides is 1. The number of carbonyl (C=O) groups is 1. The Bertz CT molecular complexity index is 1570. The third-order valence-corrected chi connectivity index (χ3v) is 7.57. The molecule has 1 saturated heterocycles. The van der Waals surface area contributed by atoms with E-state index in [-0.39, 0.29) is 5.91 Å². The van der Waals surface area contributed by atoms with E-state index in [1.54, 1.807) is 24.3 Å². The number of nitrogens with zero attached hydrogens (tertiary/aromatic N) is 4. The second kappa shape index (κ2) is 10.6. The van der Waals surface area contributed by atoms with E-state index >= 15 is 0 Å². The minimum absolute atomic E-state index is 0.0467. The summed E-state index contributed by atoms with van der Waals surface area (Å²) in [6, 6.07) is 29.5. The van der Waals surface area contributed by atoms with Crippen LogP contribution in [0.25, 0.3) is 28.0 Å². The van der Waals surface area contributed by atoms with Crippen molar-refractivity contribution in [1.82, 2.24) is 19.2 Å². The lowest BCUT2D eigenvalue weighted by Crippen LogP contribution is -2.48. The van der Waals surface area contributed by atoms with Crippen molar-refractivity contribution in [3.63, 3.8) is 0 Å². The molecule has 190 valence electrons. The number of halogens is 2. The molecule has 1 amide bonds. The molecule has 1 fully saturated rings. The molecule has 0 unspecified atom stereocenters. The van der Waals surface area contributed by atoms with Gasteiger partial charge in [-0.25, -0.2) is 4.98 Å². The number of piperazine rings is 1. The summed E-state index contributed by atoms with van der Waals surface area (Å²) in [5, 5.41) is 1.33. The van der Waals surface area contributed by atoms with Gasteiger partial charge in [-0.2, -0.15) is 0 Å². The summed E-state index contributed by atoms with van der Waals surface area (Å²) in [5.41, 5.74) is 6.98. The van der Waals surface area contributed by atoms with Crippen molar-refractivity contribution in [2.24, 2.45) is 0 Å². The number of hydrogen-bond acceptors (Lipinski definition) is 3. The van der Waals surface area contributed by atoms with E-state index in [2.05, 4.69) is 51.9 Å². The first-order valence-electron chi connectivity index (χ1n) is 12.6. The third kappa shape index (κ3) is 5.05. The van der Waals surface area contributed by atoms with Crippen molar-refractivity contribution in [3.05, 3.63) is 118 Å². The SMILES string of the molecule is O=C(c1ccc(Cl)cc1)N1CCN(Cc2c(-c3ccc(Cl)cc3)nc3ccc(-c4ccccc4)cn23)CC1. The average molecular weight is 541 g/mol. The normalized spacial score (nSPS) is 14.2. The van der Waals surface area contributed by atoms with Crippen molar-refractivity contribution in [1.29, 1.82) is 0 Å². The number of hydrogen-bond donors (Lipinski definition) is 0. The van der Waals surface area contributed by atoms with Gasteiger partial charge in [-0.1, -0.05) is 65.7 Å². The summed E-state index contributed by atoms with van der Waals surface area (Å²) in [6.45, 7) is 3.63. The summed E-state index contributed by atoms with van der Waals surface area (Å²) in [6.07, 6.45) is 2.17. The van der Waals surface area contributed by atoms with Gasteiger partial charge in [0.2, 0.25) is 0 Å². The van der Waals surface area contributed by atoms with E-state index in [0.717, 1.165) is 53.4 Å². The molecule has 0 saturated carbocycles. The fourth-order valence-electron chi connectivity index (χ4n) is 4.98. The van der Waals surface area contributed by atoms with Crippen LogP contribution in [-0.2, 0) is 6.54 Å². The number of carbonyl (C=O) groups excluding carboxylic acids is 1. The highest BCUT2D eigenvalue weighted by Gasteiger charge is 2.24. The third-order valence-electron chi connectivity index (χ3n) is 7.07. The zero-order chi connectivity index (χ0) is 26.1. The lowest BCUT2D eigenvalue weighted by molar-refractivity contribution is 0.0627. The Morgan fingerprint density at radius 1 is 0.711 bits per heavy atom. The van der Waals surface area contributed by atoms with E-state index in [9.17, 15) is 4.79 Å². The molecular weight excluding hydrogens is 515 g/mol. The van der Waals surface area contributed by atoms with Gasteiger partial charge in [0, 0.05) is 60.1 Å².